The van der Waals surface area contributed by atoms with Crippen LogP contribution < -0.4 is 0 Å². The fraction of sp³-hybridized carbons (Fsp3) is 0. The summed E-state index contributed by atoms with van der Waals surface area (Å²) in [6.45, 7) is 0. The Morgan fingerprint density at radius 2 is 0.927 bits per heavy atom. The van der Waals surface area contributed by atoms with E-state index in [4.69, 9.17) is 4.42 Å². The summed E-state index contributed by atoms with van der Waals surface area (Å²) >= 11 is 0. The lowest BCUT2D eigenvalue weighted by Gasteiger charge is -2.14. The lowest BCUT2D eigenvalue weighted by atomic mass is 9.88. The largest absolute Gasteiger partial charge is 0.456 e. The average molecular weight is 523 g/mol. The third-order valence-electron chi connectivity index (χ3n) is 7.57. The summed E-state index contributed by atoms with van der Waals surface area (Å²) in [5, 5.41) is 21.5. The molecule has 0 N–H and O–H groups in total. The third-order valence-corrected chi connectivity index (χ3v) is 7.57. The molecule has 190 valence electrons. The summed E-state index contributed by atoms with van der Waals surface area (Å²) in [5.74, 6) is 0. The molecule has 6 aromatic carbocycles. The summed E-state index contributed by atoms with van der Waals surface area (Å²) in [4.78, 5) is 0. The van der Waals surface area contributed by atoms with Crippen molar-refractivity contribution in [2.75, 3.05) is 0 Å². The second-order valence-corrected chi connectivity index (χ2v) is 10.0. The zero-order chi connectivity index (χ0) is 27.8. The van der Waals surface area contributed by atoms with Gasteiger partial charge in [0.2, 0.25) is 0 Å². The Bertz CT molecular complexity index is 2080. The number of hydrogen-bond acceptors (Lipinski definition) is 3. The molecule has 0 saturated heterocycles. The summed E-state index contributed by atoms with van der Waals surface area (Å²) < 4.78 is 6.10. The maximum absolute atomic E-state index is 10.2. The highest BCUT2D eigenvalue weighted by molar-refractivity contribution is 6.06. The molecule has 3 nitrogen and oxygen atoms in total. The van der Waals surface area contributed by atoms with Crippen LogP contribution in [0.4, 0.5) is 0 Å². The quantitative estimate of drug-likeness (QED) is 0.231. The SMILES string of the molecule is N#Cc1ccc2c(c1)oc1cc(-c3ccc(-c4cc(-c5ccccc5)c(C#N)c(-c5ccccc5)c4)cc3)ccc12. The van der Waals surface area contributed by atoms with Crippen molar-refractivity contribution in [2.45, 2.75) is 0 Å². The number of nitrogens with zero attached hydrogens (tertiary/aromatic N) is 2. The number of fused-ring (bicyclic) bond motifs is 3. The molecule has 0 saturated carbocycles. The van der Waals surface area contributed by atoms with Gasteiger partial charge in [0.15, 0.2) is 0 Å². The van der Waals surface area contributed by atoms with Gasteiger partial charge in [0.05, 0.1) is 17.2 Å². The van der Waals surface area contributed by atoms with Crippen LogP contribution in [0, 0.1) is 22.7 Å². The molecule has 0 fully saturated rings. The molecule has 7 aromatic rings. The van der Waals surface area contributed by atoms with Gasteiger partial charge in [-0.05, 0) is 75.8 Å². The molecular weight excluding hydrogens is 500 g/mol. The lowest BCUT2D eigenvalue weighted by molar-refractivity contribution is 0.669. The van der Waals surface area contributed by atoms with Crippen LogP contribution in [0.3, 0.4) is 0 Å². The first-order valence-corrected chi connectivity index (χ1v) is 13.4. The van der Waals surface area contributed by atoms with Gasteiger partial charge in [-0.25, -0.2) is 0 Å². The summed E-state index contributed by atoms with van der Waals surface area (Å²) in [7, 11) is 0. The van der Waals surface area contributed by atoms with E-state index in [0.717, 1.165) is 66.4 Å². The third kappa shape index (κ3) is 4.33. The topological polar surface area (TPSA) is 60.7 Å². The highest BCUT2D eigenvalue weighted by Crippen LogP contribution is 2.38. The van der Waals surface area contributed by atoms with Crippen molar-refractivity contribution in [2.24, 2.45) is 0 Å². The number of benzene rings is 6. The fourth-order valence-electron chi connectivity index (χ4n) is 5.50. The van der Waals surface area contributed by atoms with Crippen LogP contribution in [0.15, 0.2) is 138 Å². The molecule has 41 heavy (non-hydrogen) atoms. The molecule has 3 heteroatoms. The second-order valence-electron chi connectivity index (χ2n) is 10.0. The van der Waals surface area contributed by atoms with Crippen molar-refractivity contribution < 1.29 is 4.42 Å². The van der Waals surface area contributed by atoms with Crippen molar-refractivity contribution in [3.63, 3.8) is 0 Å². The first-order valence-electron chi connectivity index (χ1n) is 13.4. The van der Waals surface area contributed by atoms with Crippen LogP contribution in [0.25, 0.3) is 66.4 Å². The van der Waals surface area contributed by atoms with Crippen molar-refractivity contribution >= 4 is 21.9 Å². The van der Waals surface area contributed by atoms with Gasteiger partial charge in [-0.3, -0.25) is 0 Å². The van der Waals surface area contributed by atoms with E-state index in [2.05, 4.69) is 66.7 Å². The maximum atomic E-state index is 10.2. The van der Waals surface area contributed by atoms with E-state index in [9.17, 15) is 10.5 Å². The smallest absolute Gasteiger partial charge is 0.136 e. The van der Waals surface area contributed by atoms with Gasteiger partial charge in [-0.15, -0.1) is 0 Å². The molecule has 0 aliphatic rings. The van der Waals surface area contributed by atoms with Crippen molar-refractivity contribution in [1.82, 2.24) is 0 Å². The molecule has 1 heterocycles. The van der Waals surface area contributed by atoms with Gasteiger partial charge in [0.25, 0.3) is 0 Å². The molecule has 0 unspecified atom stereocenters. The van der Waals surface area contributed by atoms with Gasteiger partial charge in [-0.2, -0.15) is 10.5 Å². The summed E-state index contributed by atoms with van der Waals surface area (Å²) in [6.07, 6.45) is 0. The molecule has 1 aromatic heterocycles. The van der Waals surface area contributed by atoms with Crippen LogP contribution in [0.1, 0.15) is 11.1 Å². The molecule has 0 aliphatic heterocycles. The van der Waals surface area contributed by atoms with E-state index < -0.39 is 0 Å². The van der Waals surface area contributed by atoms with Gasteiger partial charge >= 0.3 is 0 Å². The molecule has 0 aliphatic carbocycles. The molecule has 0 amide bonds. The van der Waals surface area contributed by atoms with Gasteiger partial charge in [0, 0.05) is 21.9 Å². The van der Waals surface area contributed by atoms with Crippen molar-refractivity contribution in [3.05, 3.63) is 145 Å². The Balaban J connectivity index is 1.31. The lowest BCUT2D eigenvalue weighted by Crippen LogP contribution is -1.92. The molecule has 0 bridgehead atoms. The van der Waals surface area contributed by atoms with E-state index in [-0.39, 0.29) is 0 Å². The van der Waals surface area contributed by atoms with Crippen molar-refractivity contribution in [1.29, 1.82) is 10.5 Å². The Labute approximate surface area is 237 Å². The minimum absolute atomic E-state index is 0.584. The van der Waals surface area contributed by atoms with Crippen LogP contribution in [-0.4, -0.2) is 0 Å². The minimum atomic E-state index is 0.584. The number of nitriles is 2. The van der Waals surface area contributed by atoms with E-state index in [1.165, 1.54) is 0 Å². The Kier molecular flexibility index (Phi) is 5.90. The van der Waals surface area contributed by atoms with Gasteiger partial charge in [-0.1, -0.05) is 91.0 Å². The minimum Gasteiger partial charge on any atom is -0.456 e. The van der Waals surface area contributed by atoms with E-state index in [1.807, 2.05) is 72.8 Å². The Morgan fingerprint density at radius 1 is 0.415 bits per heavy atom. The Hall–Kier alpha value is -5.90. The monoisotopic (exact) mass is 522 g/mol. The van der Waals surface area contributed by atoms with Crippen LogP contribution in [-0.2, 0) is 0 Å². The normalized spacial score (nSPS) is 10.9. The number of furan rings is 1. The second kappa shape index (κ2) is 10.0. The fourth-order valence-corrected chi connectivity index (χ4v) is 5.50. The molecule has 0 spiro atoms. The zero-order valence-electron chi connectivity index (χ0n) is 22.0. The first kappa shape index (κ1) is 24.2. The Morgan fingerprint density at radius 3 is 1.49 bits per heavy atom. The number of rotatable bonds is 4. The standard InChI is InChI=1S/C38H22N2O/c39-23-25-11-17-32-33-18-16-30(22-38(33)41-37(32)19-25)26-12-14-27(15-13-26)31-20-34(28-7-3-1-4-8-28)36(24-40)35(21-31)29-9-5-2-6-10-29/h1-22H. The highest BCUT2D eigenvalue weighted by atomic mass is 16.3. The zero-order valence-corrected chi connectivity index (χ0v) is 22.0. The molecule has 0 radical (unpaired) electrons. The van der Waals surface area contributed by atoms with Crippen molar-refractivity contribution in [3.8, 4) is 56.6 Å². The van der Waals surface area contributed by atoms with Crippen LogP contribution in [0.5, 0.6) is 0 Å². The van der Waals surface area contributed by atoms with E-state index in [0.29, 0.717) is 11.1 Å². The maximum Gasteiger partial charge on any atom is 0.136 e. The summed E-state index contributed by atoms with van der Waals surface area (Å²) in [6, 6.07) is 49.3. The van der Waals surface area contributed by atoms with E-state index in [1.54, 1.807) is 6.07 Å². The van der Waals surface area contributed by atoms with Crippen LogP contribution >= 0.6 is 0 Å². The van der Waals surface area contributed by atoms with Gasteiger partial charge in [0.1, 0.15) is 17.2 Å². The predicted octanol–water partition coefficient (Wildman–Crippen LogP) is 10.00. The summed E-state index contributed by atoms with van der Waals surface area (Å²) in [5.41, 5.74) is 10.9. The van der Waals surface area contributed by atoms with Gasteiger partial charge < -0.3 is 4.42 Å². The van der Waals surface area contributed by atoms with Crippen LogP contribution in [0.2, 0.25) is 0 Å². The predicted molar refractivity (Wildman–Crippen MR) is 165 cm³/mol. The number of hydrogen-bond donors (Lipinski definition) is 0. The molecule has 0 atom stereocenters. The average Bonchev–Trinajstić information content (AvgIpc) is 3.42. The molecular formula is C38H22N2O. The highest BCUT2D eigenvalue weighted by Gasteiger charge is 2.15. The van der Waals surface area contributed by atoms with E-state index >= 15 is 0 Å². The molecule has 7 rings (SSSR count). The first-order chi connectivity index (χ1) is 20.2.